The summed E-state index contributed by atoms with van der Waals surface area (Å²) < 4.78 is 27.3. The number of aromatic nitrogens is 1. The predicted octanol–water partition coefficient (Wildman–Crippen LogP) is 4.22. The minimum Gasteiger partial charge on any atom is -0.478 e. The van der Waals surface area contributed by atoms with Crippen LogP contribution in [0.1, 0.15) is 29.9 Å². The fourth-order valence-electron chi connectivity index (χ4n) is 1.88. The van der Waals surface area contributed by atoms with Crippen molar-refractivity contribution in [2.45, 2.75) is 13.8 Å². The summed E-state index contributed by atoms with van der Waals surface area (Å²) in [6, 6.07) is 6.21. The molecule has 2 aromatic rings. The molecule has 0 aliphatic rings. The first-order valence-electron chi connectivity index (χ1n) is 6.52. The Kier molecular flexibility index (Phi) is 4.50. The van der Waals surface area contributed by atoms with Gasteiger partial charge < -0.3 is 10.4 Å². The Morgan fingerprint density at radius 2 is 1.86 bits per heavy atom. The number of carbonyl (C=O) groups is 1. The molecule has 0 bridgehead atoms. The fourth-order valence-corrected chi connectivity index (χ4v) is 1.88. The van der Waals surface area contributed by atoms with E-state index in [9.17, 15) is 18.7 Å². The molecule has 0 aliphatic heterocycles. The summed E-state index contributed by atoms with van der Waals surface area (Å²) in [5.74, 6) is -2.47. The normalized spacial score (nSPS) is 11.4. The number of rotatable bonds is 4. The van der Waals surface area contributed by atoms with Crippen molar-refractivity contribution in [3.8, 4) is 0 Å². The van der Waals surface area contributed by atoms with Crippen molar-refractivity contribution in [3.63, 3.8) is 0 Å². The highest BCUT2D eigenvalue weighted by atomic mass is 19.1. The first-order chi connectivity index (χ1) is 10.4. The van der Waals surface area contributed by atoms with Gasteiger partial charge in [0, 0.05) is 0 Å². The van der Waals surface area contributed by atoms with Crippen LogP contribution >= 0.6 is 0 Å². The van der Waals surface area contributed by atoms with Crippen molar-refractivity contribution >= 4 is 23.0 Å². The van der Waals surface area contributed by atoms with Gasteiger partial charge >= 0.3 is 5.97 Å². The number of para-hydroxylation sites is 1. The molecule has 0 fully saturated rings. The lowest BCUT2D eigenvalue weighted by molar-refractivity contribution is 0.0696. The molecule has 0 atom stereocenters. The Morgan fingerprint density at radius 3 is 2.41 bits per heavy atom. The number of halogens is 2. The van der Waals surface area contributed by atoms with Crippen LogP contribution in [0.3, 0.4) is 0 Å². The lowest BCUT2D eigenvalue weighted by Crippen LogP contribution is -2.06. The number of nitrogens with zero attached hydrogens (tertiary/aromatic N) is 1. The zero-order chi connectivity index (χ0) is 16.3. The third-order valence-electron chi connectivity index (χ3n) is 3.15. The SMILES string of the molecule is CC=C(C)c1nc(Nc2c(F)cccc2F)ccc1C(=O)O. The van der Waals surface area contributed by atoms with Gasteiger partial charge in [0.05, 0.1) is 11.3 Å². The highest BCUT2D eigenvalue weighted by Gasteiger charge is 2.15. The van der Waals surface area contributed by atoms with E-state index in [1.165, 1.54) is 18.2 Å². The van der Waals surface area contributed by atoms with E-state index in [1.807, 2.05) is 0 Å². The van der Waals surface area contributed by atoms with E-state index in [1.54, 1.807) is 19.9 Å². The van der Waals surface area contributed by atoms with Crippen LogP contribution in [0.2, 0.25) is 0 Å². The van der Waals surface area contributed by atoms with Gasteiger partial charge in [0.25, 0.3) is 0 Å². The highest BCUT2D eigenvalue weighted by Crippen LogP contribution is 2.25. The van der Waals surface area contributed by atoms with Crippen LogP contribution in [0.15, 0.2) is 36.4 Å². The molecule has 0 saturated carbocycles. The van der Waals surface area contributed by atoms with E-state index < -0.39 is 17.6 Å². The molecule has 0 saturated heterocycles. The fraction of sp³-hybridized carbons (Fsp3) is 0.125. The van der Waals surface area contributed by atoms with Crippen molar-refractivity contribution < 1.29 is 18.7 Å². The van der Waals surface area contributed by atoms with Crippen LogP contribution in [-0.2, 0) is 0 Å². The molecule has 0 aliphatic carbocycles. The number of anilines is 2. The second-order valence-corrected chi connectivity index (χ2v) is 4.59. The van der Waals surface area contributed by atoms with Crippen molar-refractivity contribution in [1.82, 2.24) is 4.98 Å². The molecule has 0 spiro atoms. The van der Waals surface area contributed by atoms with Crippen LogP contribution in [-0.4, -0.2) is 16.1 Å². The number of carboxylic acids is 1. The van der Waals surface area contributed by atoms with Gasteiger partial charge in [-0.1, -0.05) is 12.1 Å². The Balaban J connectivity index is 2.48. The number of pyridine rings is 1. The number of benzene rings is 1. The monoisotopic (exact) mass is 304 g/mol. The molecule has 1 aromatic carbocycles. The molecule has 0 radical (unpaired) electrons. The number of carboxylic acid groups (broad SMARTS) is 1. The maximum atomic E-state index is 13.6. The van der Waals surface area contributed by atoms with Gasteiger partial charge in [0.2, 0.25) is 0 Å². The van der Waals surface area contributed by atoms with Crippen molar-refractivity contribution in [3.05, 3.63) is 59.3 Å². The van der Waals surface area contributed by atoms with E-state index in [4.69, 9.17) is 0 Å². The zero-order valence-electron chi connectivity index (χ0n) is 12.0. The van der Waals surface area contributed by atoms with Gasteiger partial charge in [0.1, 0.15) is 23.1 Å². The number of hydrogen-bond acceptors (Lipinski definition) is 3. The summed E-state index contributed by atoms with van der Waals surface area (Å²) in [6.45, 7) is 3.46. The summed E-state index contributed by atoms with van der Waals surface area (Å²) in [7, 11) is 0. The molecule has 114 valence electrons. The average molecular weight is 304 g/mol. The van der Waals surface area contributed by atoms with Crippen molar-refractivity contribution in [2.24, 2.45) is 0 Å². The maximum Gasteiger partial charge on any atom is 0.337 e. The summed E-state index contributed by atoms with van der Waals surface area (Å²) >= 11 is 0. The second-order valence-electron chi connectivity index (χ2n) is 4.59. The Morgan fingerprint density at radius 1 is 1.23 bits per heavy atom. The quantitative estimate of drug-likeness (QED) is 0.887. The summed E-state index contributed by atoms with van der Waals surface area (Å²) in [5, 5.41) is 11.7. The molecule has 1 heterocycles. The van der Waals surface area contributed by atoms with Gasteiger partial charge in [-0.2, -0.15) is 0 Å². The van der Waals surface area contributed by atoms with Crippen LogP contribution in [0.4, 0.5) is 20.3 Å². The number of allylic oxidation sites excluding steroid dienone is 2. The van der Waals surface area contributed by atoms with E-state index in [0.29, 0.717) is 5.57 Å². The molecule has 2 rings (SSSR count). The van der Waals surface area contributed by atoms with E-state index in [-0.39, 0.29) is 22.8 Å². The van der Waals surface area contributed by atoms with Gasteiger partial charge in [-0.3, -0.25) is 0 Å². The van der Waals surface area contributed by atoms with Gasteiger partial charge in [-0.25, -0.2) is 18.6 Å². The molecule has 0 unspecified atom stereocenters. The Labute approximate surface area is 126 Å². The van der Waals surface area contributed by atoms with Crippen LogP contribution < -0.4 is 5.32 Å². The minimum absolute atomic E-state index is 0.0233. The van der Waals surface area contributed by atoms with Crippen LogP contribution in [0.5, 0.6) is 0 Å². The predicted molar refractivity (Wildman–Crippen MR) is 80.2 cm³/mol. The molecular formula is C16H14F2N2O2. The zero-order valence-corrected chi connectivity index (χ0v) is 12.0. The van der Waals surface area contributed by atoms with E-state index >= 15 is 0 Å². The highest BCUT2D eigenvalue weighted by molar-refractivity contribution is 5.93. The molecule has 22 heavy (non-hydrogen) atoms. The van der Waals surface area contributed by atoms with Crippen LogP contribution in [0.25, 0.3) is 5.57 Å². The molecule has 0 amide bonds. The van der Waals surface area contributed by atoms with Crippen molar-refractivity contribution in [2.75, 3.05) is 5.32 Å². The third kappa shape index (κ3) is 3.11. The van der Waals surface area contributed by atoms with Gasteiger partial charge in [-0.15, -0.1) is 0 Å². The molecule has 1 aromatic heterocycles. The average Bonchev–Trinajstić information content (AvgIpc) is 2.50. The molecule has 6 heteroatoms. The molecular weight excluding hydrogens is 290 g/mol. The Hall–Kier alpha value is -2.76. The largest absolute Gasteiger partial charge is 0.478 e. The van der Waals surface area contributed by atoms with E-state index in [0.717, 1.165) is 12.1 Å². The summed E-state index contributed by atoms with van der Waals surface area (Å²) in [6.07, 6.45) is 1.71. The first-order valence-corrected chi connectivity index (χ1v) is 6.52. The molecule has 2 N–H and O–H groups in total. The van der Waals surface area contributed by atoms with Crippen LogP contribution in [0, 0.1) is 11.6 Å². The van der Waals surface area contributed by atoms with Gasteiger partial charge in [0.15, 0.2) is 0 Å². The number of aromatic carboxylic acids is 1. The smallest absolute Gasteiger partial charge is 0.337 e. The summed E-state index contributed by atoms with van der Waals surface area (Å²) in [5.41, 5.74) is 0.587. The number of hydrogen-bond donors (Lipinski definition) is 2. The summed E-state index contributed by atoms with van der Waals surface area (Å²) in [4.78, 5) is 15.4. The number of nitrogens with one attached hydrogen (secondary N) is 1. The third-order valence-corrected chi connectivity index (χ3v) is 3.15. The van der Waals surface area contributed by atoms with Gasteiger partial charge in [-0.05, 0) is 43.7 Å². The first kappa shape index (κ1) is 15.6. The minimum atomic E-state index is -1.12. The standard InChI is InChI=1S/C16H14F2N2O2/c1-3-9(2)14-10(16(21)22)7-8-13(19-14)20-15-11(17)5-4-6-12(15)18/h3-8H,1-2H3,(H,19,20)(H,21,22). The molecule has 4 nitrogen and oxygen atoms in total. The lowest BCUT2D eigenvalue weighted by Gasteiger charge is -2.11. The van der Waals surface area contributed by atoms with Crippen molar-refractivity contribution in [1.29, 1.82) is 0 Å². The Bertz CT molecular complexity index is 738. The van der Waals surface area contributed by atoms with E-state index in [2.05, 4.69) is 10.3 Å². The maximum absolute atomic E-state index is 13.6. The lowest BCUT2D eigenvalue weighted by atomic mass is 10.1. The second kappa shape index (κ2) is 6.34. The topological polar surface area (TPSA) is 62.2 Å².